The summed E-state index contributed by atoms with van der Waals surface area (Å²) in [4.78, 5) is 0. The molecule has 0 heterocycles. The predicted molar refractivity (Wildman–Crippen MR) is 68.0 cm³/mol. The number of aliphatic hydroxyl groups excluding tert-OH is 1. The molecule has 0 aromatic carbocycles. The molecule has 5 nitrogen and oxygen atoms in total. The highest BCUT2D eigenvalue weighted by molar-refractivity contribution is 5.85. The molecule has 0 unspecified atom stereocenters. The Labute approximate surface area is 103 Å². The van der Waals surface area contributed by atoms with Crippen LogP contribution < -0.4 is 11.1 Å². The van der Waals surface area contributed by atoms with Gasteiger partial charge in [-0.15, -0.1) is 0 Å². The number of aliphatic hydroxyl groups is 1. The number of hydrogen-bond donors (Lipinski definition) is 4. The lowest BCUT2D eigenvalue weighted by Crippen LogP contribution is -2.37. The molecule has 0 bridgehead atoms. The standard InChI is InChI=1S/C12H25N3O2/c1-12(2,11(13)15-17)4-3-5-14-8-9-6-10(16)7-9/h9-10,14,16-17H,3-8H2,1-2H3,(H2,13,15). The lowest BCUT2D eigenvalue weighted by Gasteiger charge is -2.31. The van der Waals surface area contributed by atoms with Gasteiger partial charge in [0.25, 0.3) is 0 Å². The maximum absolute atomic E-state index is 9.14. The lowest BCUT2D eigenvalue weighted by atomic mass is 9.82. The van der Waals surface area contributed by atoms with Crippen molar-refractivity contribution in [2.75, 3.05) is 13.1 Å². The van der Waals surface area contributed by atoms with Crippen molar-refractivity contribution < 1.29 is 10.3 Å². The van der Waals surface area contributed by atoms with Crippen LogP contribution in [0.25, 0.3) is 0 Å². The van der Waals surface area contributed by atoms with Crippen LogP contribution in [0.3, 0.4) is 0 Å². The third-order valence-electron chi connectivity index (χ3n) is 3.60. The molecule has 0 aliphatic heterocycles. The summed E-state index contributed by atoms with van der Waals surface area (Å²) in [6, 6.07) is 0. The molecule has 1 aliphatic carbocycles. The molecular weight excluding hydrogens is 218 g/mol. The van der Waals surface area contributed by atoms with Crippen molar-refractivity contribution in [1.29, 1.82) is 0 Å². The van der Waals surface area contributed by atoms with Gasteiger partial charge in [0.05, 0.1) is 6.10 Å². The van der Waals surface area contributed by atoms with Crippen molar-refractivity contribution in [2.45, 2.75) is 45.6 Å². The van der Waals surface area contributed by atoms with Crippen LogP contribution in [0, 0.1) is 11.3 Å². The molecule has 0 atom stereocenters. The van der Waals surface area contributed by atoms with Gasteiger partial charge in [-0.2, -0.15) is 0 Å². The van der Waals surface area contributed by atoms with Gasteiger partial charge in [0, 0.05) is 5.41 Å². The van der Waals surface area contributed by atoms with Gasteiger partial charge in [0.1, 0.15) is 5.84 Å². The maximum Gasteiger partial charge on any atom is 0.144 e. The largest absolute Gasteiger partial charge is 0.409 e. The fraction of sp³-hybridized carbons (Fsp3) is 0.917. The van der Waals surface area contributed by atoms with E-state index >= 15 is 0 Å². The monoisotopic (exact) mass is 243 g/mol. The first kappa shape index (κ1) is 14.3. The first-order valence-electron chi connectivity index (χ1n) is 6.32. The molecule has 100 valence electrons. The van der Waals surface area contributed by atoms with E-state index in [2.05, 4.69) is 10.5 Å². The molecule has 0 spiro atoms. The Balaban J connectivity index is 2.04. The van der Waals surface area contributed by atoms with E-state index < -0.39 is 0 Å². The fourth-order valence-electron chi connectivity index (χ4n) is 2.09. The van der Waals surface area contributed by atoms with Gasteiger partial charge in [-0.3, -0.25) is 0 Å². The van der Waals surface area contributed by atoms with Gasteiger partial charge in [0.15, 0.2) is 0 Å². The van der Waals surface area contributed by atoms with Crippen molar-refractivity contribution in [3.05, 3.63) is 0 Å². The molecule has 0 amide bonds. The van der Waals surface area contributed by atoms with Gasteiger partial charge in [-0.25, -0.2) is 0 Å². The summed E-state index contributed by atoms with van der Waals surface area (Å²) in [7, 11) is 0. The second-order valence-corrected chi connectivity index (χ2v) is 5.67. The van der Waals surface area contributed by atoms with Gasteiger partial charge in [0.2, 0.25) is 0 Å². The van der Waals surface area contributed by atoms with Crippen molar-refractivity contribution in [3.63, 3.8) is 0 Å². The van der Waals surface area contributed by atoms with Crippen LogP contribution in [0.5, 0.6) is 0 Å². The molecule has 5 heteroatoms. The summed E-state index contributed by atoms with van der Waals surface area (Å²) in [5.41, 5.74) is 5.36. The van der Waals surface area contributed by atoms with Crippen LogP contribution in [-0.2, 0) is 0 Å². The van der Waals surface area contributed by atoms with Gasteiger partial charge in [-0.1, -0.05) is 19.0 Å². The van der Waals surface area contributed by atoms with E-state index in [0.29, 0.717) is 11.8 Å². The SMILES string of the molecule is CC(C)(CCCNCC1CC(O)C1)C(N)=NO. The average Bonchev–Trinajstić information content (AvgIpc) is 2.24. The van der Waals surface area contributed by atoms with Crippen molar-refractivity contribution in [2.24, 2.45) is 22.2 Å². The quantitative estimate of drug-likeness (QED) is 0.176. The van der Waals surface area contributed by atoms with Gasteiger partial charge < -0.3 is 21.4 Å². The molecule has 0 radical (unpaired) electrons. The third kappa shape index (κ3) is 4.52. The highest BCUT2D eigenvalue weighted by Gasteiger charge is 2.26. The van der Waals surface area contributed by atoms with Crippen molar-refractivity contribution in [1.82, 2.24) is 5.32 Å². The van der Waals surface area contributed by atoms with Crippen LogP contribution in [0.4, 0.5) is 0 Å². The van der Waals surface area contributed by atoms with Crippen molar-refractivity contribution >= 4 is 5.84 Å². The Morgan fingerprint density at radius 2 is 2.12 bits per heavy atom. The second-order valence-electron chi connectivity index (χ2n) is 5.67. The smallest absolute Gasteiger partial charge is 0.144 e. The summed E-state index contributed by atoms with van der Waals surface area (Å²) in [6.45, 7) is 5.88. The first-order valence-corrected chi connectivity index (χ1v) is 6.32. The summed E-state index contributed by atoms with van der Waals surface area (Å²) in [5.74, 6) is 0.932. The number of nitrogens with one attached hydrogen (secondary N) is 1. The van der Waals surface area contributed by atoms with Crippen LogP contribution in [0.15, 0.2) is 5.16 Å². The van der Waals surface area contributed by atoms with E-state index in [1.165, 1.54) is 0 Å². The van der Waals surface area contributed by atoms with E-state index in [4.69, 9.17) is 16.0 Å². The Hall–Kier alpha value is -0.810. The predicted octanol–water partition coefficient (Wildman–Crippen LogP) is 0.900. The lowest BCUT2D eigenvalue weighted by molar-refractivity contribution is 0.0431. The topological polar surface area (TPSA) is 90.9 Å². The first-order chi connectivity index (χ1) is 7.95. The molecule has 1 fully saturated rings. The second kappa shape index (κ2) is 6.21. The van der Waals surface area contributed by atoms with Crippen LogP contribution in [0.1, 0.15) is 39.5 Å². The Morgan fingerprint density at radius 1 is 1.47 bits per heavy atom. The van der Waals surface area contributed by atoms with Crippen LogP contribution >= 0.6 is 0 Å². The number of hydrogen-bond acceptors (Lipinski definition) is 4. The van der Waals surface area contributed by atoms with E-state index in [-0.39, 0.29) is 11.5 Å². The molecule has 1 rings (SSSR count). The van der Waals surface area contributed by atoms with Gasteiger partial charge in [-0.05, 0) is 44.7 Å². The van der Waals surface area contributed by atoms with Crippen LogP contribution in [0.2, 0.25) is 0 Å². The van der Waals surface area contributed by atoms with E-state index in [0.717, 1.165) is 38.8 Å². The normalized spacial score (nSPS) is 25.7. The molecule has 0 aromatic rings. The minimum absolute atomic E-state index is 0.0682. The zero-order chi connectivity index (χ0) is 12.9. The van der Waals surface area contributed by atoms with Crippen molar-refractivity contribution in [3.8, 4) is 0 Å². The summed E-state index contributed by atoms with van der Waals surface area (Å²) in [5, 5.41) is 24.2. The van der Waals surface area contributed by atoms with E-state index in [1.54, 1.807) is 0 Å². The number of oxime groups is 1. The van der Waals surface area contributed by atoms with E-state index in [1.807, 2.05) is 13.8 Å². The molecule has 0 aromatic heterocycles. The highest BCUT2D eigenvalue weighted by Crippen LogP contribution is 2.26. The van der Waals surface area contributed by atoms with E-state index in [9.17, 15) is 0 Å². The average molecular weight is 243 g/mol. The summed E-state index contributed by atoms with van der Waals surface area (Å²) >= 11 is 0. The maximum atomic E-state index is 9.14. The van der Waals surface area contributed by atoms with Gasteiger partial charge >= 0.3 is 0 Å². The Kier molecular flexibility index (Phi) is 5.21. The summed E-state index contributed by atoms with van der Waals surface area (Å²) in [6.07, 6.45) is 3.69. The fourth-order valence-corrected chi connectivity index (χ4v) is 2.09. The highest BCUT2D eigenvalue weighted by atomic mass is 16.4. The Morgan fingerprint density at radius 3 is 2.65 bits per heavy atom. The Bertz CT molecular complexity index is 260. The number of amidine groups is 1. The minimum Gasteiger partial charge on any atom is -0.409 e. The summed E-state index contributed by atoms with van der Waals surface area (Å²) < 4.78 is 0. The zero-order valence-electron chi connectivity index (χ0n) is 10.8. The molecule has 1 aliphatic rings. The molecule has 17 heavy (non-hydrogen) atoms. The minimum atomic E-state index is -0.247. The molecule has 0 saturated heterocycles. The molecule has 5 N–H and O–H groups in total. The number of nitrogens with zero attached hydrogens (tertiary/aromatic N) is 1. The number of rotatable bonds is 7. The third-order valence-corrected chi connectivity index (χ3v) is 3.60. The number of nitrogens with two attached hydrogens (primary N) is 1. The van der Waals surface area contributed by atoms with Crippen LogP contribution in [-0.4, -0.2) is 35.3 Å². The zero-order valence-corrected chi connectivity index (χ0v) is 10.8. The molecular formula is C12H25N3O2. The molecule has 1 saturated carbocycles.